The van der Waals surface area contributed by atoms with Crippen LogP contribution in [0.4, 0.5) is 0 Å². The maximum Gasteiger partial charge on any atom is 0.300 e. The number of nitrogens with two attached hydrogens (primary N) is 1. The van der Waals surface area contributed by atoms with Crippen LogP contribution >= 0.6 is 11.8 Å². The molecule has 3 N–H and O–H groups in total. The molecule has 1 aliphatic rings. The number of thioether (sulfide) groups is 1. The summed E-state index contributed by atoms with van der Waals surface area (Å²) in [6, 6.07) is 1.80. The fraction of sp³-hybridized carbons (Fsp3) is 0.643. The number of hydrazine groups is 1. The highest BCUT2D eigenvalue weighted by Gasteiger charge is 2.20. The van der Waals surface area contributed by atoms with Crippen LogP contribution in [0.1, 0.15) is 54.5 Å². The second kappa shape index (κ2) is 6.48. The van der Waals surface area contributed by atoms with Gasteiger partial charge in [0.15, 0.2) is 5.76 Å². The van der Waals surface area contributed by atoms with Crippen LogP contribution < -0.4 is 11.3 Å². The quantitative estimate of drug-likeness (QED) is 0.506. The molecule has 106 valence electrons. The number of rotatable bonds is 4. The largest absolute Gasteiger partial charge is 0.456 e. The van der Waals surface area contributed by atoms with E-state index in [1.807, 2.05) is 18.7 Å². The molecule has 4 nitrogen and oxygen atoms in total. The summed E-state index contributed by atoms with van der Waals surface area (Å²) >= 11 is 1.98. The second-order valence-electron chi connectivity index (χ2n) is 5.37. The molecule has 1 aromatic rings. The van der Waals surface area contributed by atoms with Crippen molar-refractivity contribution in [2.75, 3.05) is 0 Å². The van der Waals surface area contributed by atoms with E-state index in [0.717, 1.165) is 28.2 Å². The first-order valence-electron chi connectivity index (χ1n) is 6.82. The van der Waals surface area contributed by atoms with Crippen molar-refractivity contribution < 1.29 is 9.21 Å². The van der Waals surface area contributed by atoms with E-state index in [0.29, 0.717) is 5.76 Å². The molecule has 0 spiro atoms. The number of carbonyl (C=O) groups is 1. The maximum absolute atomic E-state index is 11.4. The lowest BCUT2D eigenvalue weighted by atomic mass is 9.91. The molecule has 0 aromatic carbocycles. The standard InChI is InChI=1S/C14H22N2O2S/c1-9-4-3-5-12(6-9)19-8-11-7-13(14(17)16-15)18-10(11)2/h7,9,12H,3-6,8,15H2,1-2H3,(H,16,17). The maximum atomic E-state index is 11.4. The number of nitrogen functional groups attached to an aromatic ring is 1. The Balaban J connectivity index is 1.92. The van der Waals surface area contributed by atoms with Crippen molar-refractivity contribution in [1.29, 1.82) is 0 Å². The smallest absolute Gasteiger partial charge is 0.300 e. The summed E-state index contributed by atoms with van der Waals surface area (Å²) in [5, 5.41) is 0.741. The highest BCUT2D eigenvalue weighted by Crippen LogP contribution is 2.34. The van der Waals surface area contributed by atoms with Crippen molar-refractivity contribution in [2.45, 2.75) is 50.5 Å². The van der Waals surface area contributed by atoms with Crippen LogP contribution in [0.2, 0.25) is 0 Å². The fourth-order valence-corrected chi connectivity index (χ4v) is 4.08. The molecule has 1 aliphatic carbocycles. The van der Waals surface area contributed by atoms with Crippen LogP contribution in [0.3, 0.4) is 0 Å². The predicted octanol–water partition coefficient (Wildman–Crippen LogP) is 3.00. The zero-order chi connectivity index (χ0) is 13.8. The lowest BCUT2D eigenvalue weighted by Crippen LogP contribution is -2.29. The van der Waals surface area contributed by atoms with Crippen LogP contribution in [-0.4, -0.2) is 11.2 Å². The van der Waals surface area contributed by atoms with Crippen LogP contribution in [-0.2, 0) is 5.75 Å². The van der Waals surface area contributed by atoms with Gasteiger partial charge in [0.2, 0.25) is 0 Å². The van der Waals surface area contributed by atoms with Crippen molar-refractivity contribution in [3.05, 3.63) is 23.2 Å². The Kier molecular flexibility index (Phi) is 4.93. The van der Waals surface area contributed by atoms with Gasteiger partial charge in [-0.25, -0.2) is 5.84 Å². The van der Waals surface area contributed by atoms with Crippen molar-refractivity contribution in [3.8, 4) is 0 Å². The molecule has 0 radical (unpaired) electrons. The van der Waals surface area contributed by atoms with E-state index in [1.54, 1.807) is 6.07 Å². The van der Waals surface area contributed by atoms with Gasteiger partial charge in [0, 0.05) is 16.6 Å². The minimum Gasteiger partial charge on any atom is -0.456 e. The number of aryl methyl sites for hydroxylation is 1. The van der Waals surface area contributed by atoms with Crippen LogP contribution in [0, 0.1) is 12.8 Å². The minimum absolute atomic E-state index is 0.299. The van der Waals surface area contributed by atoms with Crippen LogP contribution in [0.15, 0.2) is 10.5 Å². The molecule has 1 aromatic heterocycles. The Hall–Kier alpha value is -0.940. The zero-order valence-corrected chi connectivity index (χ0v) is 12.4. The van der Waals surface area contributed by atoms with Crippen molar-refractivity contribution >= 4 is 17.7 Å². The summed E-state index contributed by atoms with van der Waals surface area (Å²) < 4.78 is 5.42. The van der Waals surface area contributed by atoms with Crippen LogP contribution in [0.5, 0.6) is 0 Å². The number of carbonyl (C=O) groups excluding carboxylic acids is 1. The SMILES string of the molecule is Cc1oc(C(=O)NN)cc1CSC1CCCC(C)C1. The fourth-order valence-electron chi connectivity index (χ4n) is 2.58. The second-order valence-corrected chi connectivity index (χ2v) is 6.66. The first kappa shape index (κ1) is 14.5. The molecular weight excluding hydrogens is 260 g/mol. The molecule has 19 heavy (non-hydrogen) atoms. The molecular formula is C14H22N2O2S. The van der Waals surface area contributed by atoms with Gasteiger partial charge in [-0.2, -0.15) is 11.8 Å². The number of nitrogens with one attached hydrogen (secondary N) is 1. The van der Waals surface area contributed by atoms with Gasteiger partial charge < -0.3 is 4.42 Å². The van der Waals surface area contributed by atoms with Crippen LogP contribution in [0.25, 0.3) is 0 Å². The lowest BCUT2D eigenvalue weighted by Gasteiger charge is -2.26. The van der Waals surface area contributed by atoms with Gasteiger partial charge >= 0.3 is 5.91 Å². The summed E-state index contributed by atoms with van der Waals surface area (Å²) in [6.45, 7) is 4.23. The van der Waals surface area contributed by atoms with Gasteiger partial charge in [-0.1, -0.05) is 19.8 Å². The normalized spacial score (nSPS) is 23.3. The number of furan rings is 1. The summed E-state index contributed by atoms with van der Waals surface area (Å²) in [4.78, 5) is 11.4. The summed E-state index contributed by atoms with van der Waals surface area (Å²) in [7, 11) is 0. The van der Waals surface area contributed by atoms with Gasteiger partial charge in [-0.15, -0.1) is 0 Å². The third-order valence-electron chi connectivity index (χ3n) is 3.74. The predicted molar refractivity (Wildman–Crippen MR) is 77.8 cm³/mol. The topological polar surface area (TPSA) is 68.3 Å². The molecule has 0 aliphatic heterocycles. The average Bonchev–Trinajstić information content (AvgIpc) is 2.77. The Bertz CT molecular complexity index is 445. The highest BCUT2D eigenvalue weighted by molar-refractivity contribution is 7.99. The summed E-state index contributed by atoms with van der Waals surface area (Å²) in [5.74, 6) is 7.60. The number of hydrogen-bond donors (Lipinski definition) is 2. The van der Waals surface area contributed by atoms with E-state index in [9.17, 15) is 4.79 Å². The molecule has 1 amide bonds. The van der Waals surface area contributed by atoms with Crippen molar-refractivity contribution in [2.24, 2.45) is 11.8 Å². The number of hydrogen-bond acceptors (Lipinski definition) is 4. The third kappa shape index (κ3) is 3.76. The van der Waals surface area contributed by atoms with E-state index in [4.69, 9.17) is 10.3 Å². The monoisotopic (exact) mass is 282 g/mol. The van der Waals surface area contributed by atoms with Gasteiger partial charge in [0.25, 0.3) is 0 Å². The van der Waals surface area contributed by atoms with E-state index < -0.39 is 0 Å². The Morgan fingerprint density at radius 1 is 1.58 bits per heavy atom. The Morgan fingerprint density at radius 2 is 2.37 bits per heavy atom. The average molecular weight is 282 g/mol. The highest BCUT2D eigenvalue weighted by atomic mass is 32.2. The summed E-state index contributed by atoms with van der Waals surface area (Å²) in [5.41, 5.74) is 3.19. The third-order valence-corrected chi connectivity index (χ3v) is 5.12. The molecule has 1 saturated carbocycles. The number of amides is 1. The zero-order valence-electron chi connectivity index (χ0n) is 11.6. The lowest BCUT2D eigenvalue weighted by molar-refractivity contribution is 0.0924. The molecule has 2 rings (SSSR count). The van der Waals surface area contributed by atoms with Gasteiger partial charge in [-0.3, -0.25) is 10.2 Å². The Labute approximate surface area is 118 Å². The minimum atomic E-state index is -0.370. The van der Waals surface area contributed by atoms with E-state index in [1.165, 1.54) is 25.7 Å². The van der Waals surface area contributed by atoms with E-state index in [2.05, 4.69) is 12.3 Å². The van der Waals surface area contributed by atoms with Gasteiger partial charge in [0.05, 0.1) is 0 Å². The van der Waals surface area contributed by atoms with E-state index in [-0.39, 0.29) is 5.91 Å². The molecule has 2 atom stereocenters. The molecule has 0 bridgehead atoms. The Morgan fingerprint density at radius 3 is 3.05 bits per heavy atom. The van der Waals surface area contributed by atoms with Gasteiger partial charge in [0.1, 0.15) is 5.76 Å². The molecule has 5 heteroatoms. The first-order valence-corrected chi connectivity index (χ1v) is 7.87. The van der Waals surface area contributed by atoms with Gasteiger partial charge in [-0.05, 0) is 31.7 Å². The van der Waals surface area contributed by atoms with Crippen molar-refractivity contribution in [1.82, 2.24) is 5.43 Å². The summed E-state index contributed by atoms with van der Waals surface area (Å²) in [6.07, 6.45) is 5.31. The molecule has 1 heterocycles. The van der Waals surface area contributed by atoms with E-state index >= 15 is 0 Å². The van der Waals surface area contributed by atoms with Crippen molar-refractivity contribution in [3.63, 3.8) is 0 Å². The molecule has 0 saturated heterocycles. The molecule has 1 fully saturated rings. The molecule has 2 unspecified atom stereocenters. The first-order chi connectivity index (χ1) is 9.10.